The topological polar surface area (TPSA) is 12.0 Å². The van der Waals surface area contributed by atoms with E-state index in [0.29, 0.717) is 13.0 Å². The van der Waals surface area contributed by atoms with Gasteiger partial charge in [-0.1, -0.05) is 46.0 Å². The molecule has 1 N–H and O–H groups in total. The minimum Gasteiger partial charge on any atom is -0.306 e. The highest BCUT2D eigenvalue weighted by Crippen LogP contribution is 2.24. The molecule has 0 saturated carbocycles. The van der Waals surface area contributed by atoms with Gasteiger partial charge in [-0.2, -0.15) is 13.2 Å². The Labute approximate surface area is 96.8 Å². The SMILES string of the molecule is CCCCCCCC(NCCC)C(F)(F)F. The van der Waals surface area contributed by atoms with Crippen molar-refractivity contribution < 1.29 is 13.2 Å². The maximum atomic E-state index is 12.6. The summed E-state index contributed by atoms with van der Waals surface area (Å²) in [7, 11) is 0. The van der Waals surface area contributed by atoms with Crippen LogP contribution >= 0.6 is 0 Å². The molecule has 0 aromatic rings. The summed E-state index contributed by atoms with van der Waals surface area (Å²) in [6, 6.07) is -1.31. The number of alkyl halides is 3. The van der Waals surface area contributed by atoms with Crippen LogP contribution in [0.5, 0.6) is 0 Å². The molecular weight excluding hydrogens is 215 g/mol. The summed E-state index contributed by atoms with van der Waals surface area (Å²) in [6.45, 7) is 4.42. The van der Waals surface area contributed by atoms with Crippen LogP contribution in [-0.2, 0) is 0 Å². The van der Waals surface area contributed by atoms with Crippen LogP contribution in [0.3, 0.4) is 0 Å². The molecule has 0 fully saturated rings. The lowest BCUT2D eigenvalue weighted by Gasteiger charge is -2.21. The van der Waals surface area contributed by atoms with Gasteiger partial charge in [0.1, 0.15) is 6.04 Å². The molecular formula is C12H24F3N. The van der Waals surface area contributed by atoms with E-state index in [1.165, 1.54) is 0 Å². The molecule has 1 unspecified atom stereocenters. The first-order valence-corrected chi connectivity index (χ1v) is 6.32. The third-order valence-electron chi connectivity index (χ3n) is 2.63. The fourth-order valence-electron chi connectivity index (χ4n) is 1.65. The zero-order chi connectivity index (χ0) is 12.4. The number of halogens is 3. The van der Waals surface area contributed by atoms with Crippen molar-refractivity contribution in [1.82, 2.24) is 5.32 Å². The quantitative estimate of drug-likeness (QED) is 0.592. The van der Waals surface area contributed by atoms with Crippen molar-refractivity contribution in [3.05, 3.63) is 0 Å². The van der Waals surface area contributed by atoms with Gasteiger partial charge >= 0.3 is 6.18 Å². The lowest BCUT2D eigenvalue weighted by molar-refractivity contribution is -0.157. The Morgan fingerprint density at radius 1 is 0.938 bits per heavy atom. The van der Waals surface area contributed by atoms with E-state index in [2.05, 4.69) is 12.2 Å². The molecule has 16 heavy (non-hydrogen) atoms. The maximum Gasteiger partial charge on any atom is 0.403 e. The number of unbranched alkanes of at least 4 members (excludes halogenated alkanes) is 4. The van der Waals surface area contributed by atoms with Crippen molar-refractivity contribution in [2.75, 3.05) is 6.54 Å². The monoisotopic (exact) mass is 239 g/mol. The second kappa shape index (κ2) is 8.85. The standard InChI is InChI=1S/C12H24F3N/c1-3-5-6-7-8-9-11(12(13,14)15)16-10-4-2/h11,16H,3-10H2,1-2H3. The van der Waals surface area contributed by atoms with Crippen LogP contribution in [0, 0.1) is 0 Å². The maximum absolute atomic E-state index is 12.6. The van der Waals surface area contributed by atoms with Gasteiger partial charge in [0.05, 0.1) is 0 Å². The number of hydrogen-bond acceptors (Lipinski definition) is 1. The van der Waals surface area contributed by atoms with Crippen molar-refractivity contribution >= 4 is 0 Å². The Balaban J connectivity index is 3.75. The van der Waals surface area contributed by atoms with Gasteiger partial charge in [0.15, 0.2) is 0 Å². The first-order valence-electron chi connectivity index (χ1n) is 6.32. The largest absolute Gasteiger partial charge is 0.403 e. The summed E-state index contributed by atoms with van der Waals surface area (Å²) in [5.41, 5.74) is 0. The molecule has 0 spiro atoms. The molecule has 0 aliphatic rings. The van der Waals surface area contributed by atoms with E-state index in [1.54, 1.807) is 0 Å². The molecule has 0 aliphatic heterocycles. The molecule has 0 radical (unpaired) electrons. The van der Waals surface area contributed by atoms with Crippen LogP contribution < -0.4 is 5.32 Å². The fourth-order valence-corrected chi connectivity index (χ4v) is 1.65. The number of rotatable bonds is 9. The first kappa shape index (κ1) is 15.8. The van der Waals surface area contributed by atoms with Crippen LogP contribution in [0.25, 0.3) is 0 Å². The Morgan fingerprint density at radius 2 is 1.56 bits per heavy atom. The third kappa shape index (κ3) is 7.97. The highest BCUT2D eigenvalue weighted by molar-refractivity contribution is 4.74. The zero-order valence-corrected chi connectivity index (χ0v) is 10.4. The Bertz CT molecular complexity index is 157. The second-order valence-corrected chi connectivity index (χ2v) is 4.25. The van der Waals surface area contributed by atoms with Crippen molar-refractivity contribution in [1.29, 1.82) is 0 Å². The molecule has 0 amide bonds. The summed E-state index contributed by atoms with van der Waals surface area (Å²) in [4.78, 5) is 0. The lowest BCUT2D eigenvalue weighted by atomic mass is 10.1. The molecule has 4 heteroatoms. The Kier molecular flexibility index (Phi) is 8.71. The molecule has 0 bridgehead atoms. The van der Waals surface area contributed by atoms with Crippen LogP contribution in [0.2, 0.25) is 0 Å². The van der Waals surface area contributed by atoms with E-state index in [1.807, 2.05) is 6.92 Å². The van der Waals surface area contributed by atoms with E-state index in [9.17, 15) is 13.2 Å². The van der Waals surface area contributed by atoms with Gasteiger partial charge in [-0.05, 0) is 19.4 Å². The van der Waals surface area contributed by atoms with E-state index in [4.69, 9.17) is 0 Å². The fraction of sp³-hybridized carbons (Fsp3) is 1.00. The highest BCUT2D eigenvalue weighted by Gasteiger charge is 2.38. The summed E-state index contributed by atoms with van der Waals surface area (Å²) < 4.78 is 37.7. The number of hydrogen-bond donors (Lipinski definition) is 1. The molecule has 1 atom stereocenters. The lowest BCUT2D eigenvalue weighted by Crippen LogP contribution is -2.42. The molecule has 0 heterocycles. The van der Waals surface area contributed by atoms with Crippen molar-refractivity contribution in [3.63, 3.8) is 0 Å². The first-order chi connectivity index (χ1) is 7.52. The predicted molar refractivity (Wildman–Crippen MR) is 61.5 cm³/mol. The van der Waals surface area contributed by atoms with Gasteiger partial charge in [0.25, 0.3) is 0 Å². The van der Waals surface area contributed by atoms with Gasteiger partial charge in [-0.25, -0.2) is 0 Å². The summed E-state index contributed by atoms with van der Waals surface area (Å²) in [6.07, 6.45) is 1.73. The van der Waals surface area contributed by atoms with Gasteiger partial charge in [-0.15, -0.1) is 0 Å². The smallest absolute Gasteiger partial charge is 0.306 e. The minimum absolute atomic E-state index is 0.215. The summed E-state index contributed by atoms with van der Waals surface area (Å²) in [5, 5.41) is 2.58. The Hall–Kier alpha value is -0.250. The van der Waals surface area contributed by atoms with Crippen LogP contribution in [0.15, 0.2) is 0 Å². The molecule has 0 aromatic heterocycles. The zero-order valence-electron chi connectivity index (χ0n) is 10.4. The van der Waals surface area contributed by atoms with Crippen molar-refractivity contribution in [2.45, 2.75) is 71.0 Å². The van der Waals surface area contributed by atoms with Gasteiger partial charge in [-0.3, -0.25) is 0 Å². The molecule has 0 aromatic carbocycles. The normalized spacial score (nSPS) is 14.1. The second-order valence-electron chi connectivity index (χ2n) is 4.25. The van der Waals surface area contributed by atoms with E-state index < -0.39 is 12.2 Å². The molecule has 0 aliphatic carbocycles. The van der Waals surface area contributed by atoms with E-state index >= 15 is 0 Å². The van der Waals surface area contributed by atoms with Gasteiger partial charge in [0, 0.05) is 0 Å². The Morgan fingerprint density at radius 3 is 2.06 bits per heavy atom. The summed E-state index contributed by atoms with van der Waals surface area (Å²) in [5.74, 6) is 0. The van der Waals surface area contributed by atoms with Gasteiger partial charge in [0.2, 0.25) is 0 Å². The van der Waals surface area contributed by atoms with Crippen LogP contribution in [-0.4, -0.2) is 18.8 Å². The van der Waals surface area contributed by atoms with Crippen molar-refractivity contribution in [3.8, 4) is 0 Å². The van der Waals surface area contributed by atoms with E-state index in [-0.39, 0.29) is 6.42 Å². The van der Waals surface area contributed by atoms with Crippen molar-refractivity contribution in [2.24, 2.45) is 0 Å². The number of nitrogens with one attached hydrogen (secondary N) is 1. The minimum atomic E-state index is -4.10. The van der Waals surface area contributed by atoms with E-state index in [0.717, 1.165) is 32.1 Å². The van der Waals surface area contributed by atoms with Gasteiger partial charge < -0.3 is 5.32 Å². The third-order valence-corrected chi connectivity index (χ3v) is 2.63. The van der Waals surface area contributed by atoms with Crippen LogP contribution in [0.4, 0.5) is 13.2 Å². The summed E-state index contributed by atoms with van der Waals surface area (Å²) >= 11 is 0. The predicted octanol–water partition coefficient (Wildman–Crippen LogP) is 4.28. The average Bonchev–Trinajstić information content (AvgIpc) is 2.20. The highest BCUT2D eigenvalue weighted by atomic mass is 19.4. The molecule has 0 saturated heterocycles. The molecule has 1 nitrogen and oxygen atoms in total. The molecule has 0 rings (SSSR count). The molecule has 98 valence electrons. The average molecular weight is 239 g/mol. The van der Waals surface area contributed by atoms with Crippen LogP contribution in [0.1, 0.15) is 58.8 Å².